The number of nitrogens with zero attached hydrogens (tertiary/aromatic N) is 6. The van der Waals surface area contributed by atoms with Crippen molar-refractivity contribution in [3.63, 3.8) is 0 Å². The standard InChI is InChI=1S/C23H23N7OS/c1-15-4-6-19(7-5-15)30-20(14-32-23-26-16(2)12-17(3)27-23)21(28-29-30)22(31)25-13-18-8-10-24-11-9-18/h4-12H,13-14H2,1-3H3,(H,25,31). The maximum atomic E-state index is 13.0. The molecule has 0 aliphatic heterocycles. The molecule has 3 aromatic heterocycles. The minimum absolute atomic E-state index is 0.280. The van der Waals surface area contributed by atoms with Gasteiger partial charge in [-0.15, -0.1) is 5.10 Å². The van der Waals surface area contributed by atoms with Gasteiger partial charge in [-0.25, -0.2) is 14.6 Å². The summed E-state index contributed by atoms with van der Waals surface area (Å²) in [6.45, 7) is 6.28. The lowest BCUT2D eigenvalue weighted by Crippen LogP contribution is -2.24. The molecule has 0 saturated carbocycles. The molecule has 0 aliphatic rings. The molecule has 0 saturated heterocycles. The van der Waals surface area contributed by atoms with Crippen molar-refractivity contribution in [1.29, 1.82) is 0 Å². The van der Waals surface area contributed by atoms with Crippen molar-refractivity contribution in [3.05, 3.63) is 88.8 Å². The molecule has 4 rings (SSSR count). The van der Waals surface area contributed by atoms with Crippen LogP contribution in [0.15, 0.2) is 60.0 Å². The summed E-state index contributed by atoms with van der Waals surface area (Å²) >= 11 is 1.45. The summed E-state index contributed by atoms with van der Waals surface area (Å²) in [5, 5.41) is 12.1. The topological polar surface area (TPSA) is 98.5 Å². The van der Waals surface area contributed by atoms with Gasteiger partial charge in [0, 0.05) is 36.1 Å². The molecular weight excluding hydrogens is 422 g/mol. The second kappa shape index (κ2) is 9.69. The van der Waals surface area contributed by atoms with E-state index in [4.69, 9.17) is 0 Å². The van der Waals surface area contributed by atoms with Crippen molar-refractivity contribution in [3.8, 4) is 5.69 Å². The van der Waals surface area contributed by atoms with E-state index in [1.54, 1.807) is 17.1 Å². The fourth-order valence-electron chi connectivity index (χ4n) is 3.16. The number of amides is 1. The van der Waals surface area contributed by atoms with Gasteiger partial charge >= 0.3 is 0 Å². The van der Waals surface area contributed by atoms with E-state index in [-0.39, 0.29) is 11.6 Å². The van der Waals surface area contributed by atoms with Crippen molar-refractivity contribution in [1.82, 2.24) is 35.3 Å². The average Bonchev–Trinajstić information content (AvgIpc) is 3.20. The van der Waals surface area contributed by atoms with E-state index in [0.717, 1.165) is 28.2 Å². The van der Waals surface area contributed by atoms with Crippen LogP contribution < -0.4 is 5.32 Å². The van der Waals surface area contributed by atoms with Crippen LogP contribution in [0.25, 0.3) is 5.69 Å². The quantitative estimate of drug-likeness (QED) is 0.343. The molecular formula is C23H23N7OS. The molecule has 0 spiro atoms. The smallest absolute Gasteiger partial charge is 0.274 e. The zero-order valence-corrected chi connectivity index (χ0v) is 18.9. The minimum atomic E-state index is -0.280. The second-order valence-electron chi connectivity index (χ2n) is 7.39. The Morgan fingerprint density at radius 1 is 1.00 bits per heavy atom. The van der Waals surface area contributed by atoms with Gasteiger partial charge < -0.3 is 5.32 Å². The molecule has 32 heavy (non-hydrogen) atoms. The van der Waals surface area contributed by atoms with Gasteiger partial charge in [0.25, 0.3) is 5.91 Å². The van der Waals surface area contributed by atoms with Gasteiger partial charge in [-0.1, -0.05) is 34.7 Å². The monoisotopic (exact) mass is 445 g/mol. The number of nitrogens with one attached hydrogen (secondary N) is 1. The molecule has 0 radical (unpaired) electrons. The number of benzene rings is 1. The lowest BCUT2D eigenvalue weighted by molar-refractivity contribution is 0.0945. The highest BCUT2D eigenvalue weighted by atomic mass is 32.2. The third kappa shape index (κ3) is 5.17. The Kier molecular flexibility index (Phi) is 6.55. The fraction of sp³-hybridized carbons (Fsp3) is 0.217. The number of rotatable bonds is 7. The molecule has 1 aromatic carbocycles. The molecule has 4 aromatic rings. The van der Waals surface area contributed by atoms with Gasteiger partial charge in [0.05, 0.1) is 11.4 Å². The van der Waals surface area contributed by atoms with E-state index in [2.05, 4.69) is 30.6 Å². The van der Waals surface area contributed by atoms with Crippen LogP contribution in [0.5, 0.6) is 0 Å². The first-order valence-electron chi connectivity index (χ1n) is 10.1. The first kappa shape index (κ1) is 21.6. The maximum Gasteiger partial charge on any atom is 0.274 e. The number of carbonyl (C=O) groups is 1. The van der Waals surface area contributed by atoms with E-state index in [0.29, 0.717) is 23.1 Å². The SMILES string of the molecule is Cc1ccc(-n2nnc(C(=O)NCc3ccncc3)c2CSc2nc(C)cc(C)n2)cc1. The highest BCUT2D eigenvalue weighted by Gasteiger charge is 2.21. The Balaban J connectivity index is 1.61. The van der Waals surface area contributed by atoms with Gasteiger partial charge in [-0.05, 0) is 56.7 Å². The van der Waals surface area contributed by atoms with Crippen LogP contribution in [0.2, 0.25) is 0 Å². The number of hydrogen-bond acceptors (Lipinski definition) is 7. The number of carbonyl (C=O) groups excluding carboxylic acids is 1. The van der Waals surface area contributed by atoms with Crippen LogP contribution in [0.3, 0.4) is 0 Å². The summed E-state index contributed by atoms with van der Waals surface area (Å²) in [4.78, 5) is 26.0. The number of aryl methyl sites for hydroxylation is 3. The molecule has 0 bridgehead atoms. The number of aromatic nitrogens is 6. The molecule has 8 nitrogen and oxygen atoms in total. The molecule has 0 fully saturated rings. The Bertz CT molecular complexity index is 1200. The molecule has 0 aliphatic carbocycles. The van der Waals surface area contributed by atoms with Crippen LogP contribution in [0.1, 0.15) is 38.7 Å². The lowest BCUT2D eigenvalue weighted by Gasteiger charge is -2.09. The Morgan fingerprint density at radius 2 is 1.69 bits per heavy atom. The fourth-order valence-corrected chi connectivity index (χ4v) is 4.10. The molecule has 3 heterocycles. The van der Waals surface area contributed by atoms with Crippen molar-refractivity contribution in [2.45, 2.75) is 38.2 Å². The first-order chi connectivity index (χ1) is 15.5. The number of pyridine rings is 1. The highest BCUT2D eigenvalue weighted by molar-refractivity contribution is 7.98. The predicted molar refractivity (Wildman–Crippen MR) is 123 cm³/mol. The summed E-state index contributed by atoms with van der Waals surface area (Å²) in [7, 11) is 0. The second-order valence-corrected chi connectivity index (χ2v) is 8.33. The summed E-state index contributed by atoms with van der Waals surface area (Å²) < 4.78 is 1.70. The molecule has 162 valence electrons. The Morgan fingerprint density at radius 3 is 2.38 bits per heavy atom. The normalized spacial score (nSPS) is 10.8. The van der Waals surface area contributed by atoms with Crippen molar-refractivity contribution in [2.24, 2.45) is 0 Å². The van der Waals surface area contributed by atoms with Crippen LogP contribution >= 0.6 is 11.8 Å². The Hall–Kier alpha value is -3.59. The van der Waals surface area contributed by atoms with E-state index in [9.17, 15) is 4.79 Å². The molecule has 9 heteroatoms. The van der Waals surface area contributed by atoms with Crippen molar-refractivity contribution in [2.75, 3.05) is 0 Å². The van der Waals surface area contributed by atoms with E-state index in [1.165, 1.54) is 11.8 Å². The van der Waals surface area contributed by atoms with E-state index >= 15 is 0 Å². The molecule has 1 amide bonds. The summed E-state index contributed by atoms with van der Waals surface area (Å²) in [6.07, 6.45) is 3.39. The zero-order chi connectivity index (χ0) is 22.5. The number of hydrogen-bond donors (Lipinski definition) is 1. The lowest BCUT2D eigenvalue weighted by atomic mass is 10.2. The van der Waals surface area contributed by atoms with Crippen LogP contribution in [-0.4, -0.2) is 35.9 Å². The average molecular weight is 446 g/mol. The van der Waals surface area contributed by atoms with Crippen molar-refractivity contribution >= 4 is 17.7 Å². The molecule has 0 unspecified atom stereocenters. The van der Waals surface area contributed by atoms with Gasteiger partial charge in [0.15, 0.2) is 10.9 Å². The van der Waals surface area contributed by atoms with Gasteiger partial charge in [0.1, 0.15) is 0 Å². The molecule has 1 N–H and O–H groups in total. The highest BCUT2D eigenvalue weighted by Crippen LogP contribution is 2.24. The molecule has 0 atom stereocenters. The van der Waals surface area contributed by atoms with Gasteiger partial charge in [-0.2, -0.15) is 0 Å². The van der Waals surface area contributed by atoms with Crippen LogP contribution in [-0.2, 0) is 12.3 Å². The first-order valence-corrected chi connectivity index (χ1v) is 11.1. The number of thioether (sulfide) groups is 1. The largest absolute Gasteiger partial charge is 0.347 e. The van der Waals surface area contributed by atoms with Crippen LogP contribution in [0.4, 0.5) is 0 Å². The third-order valence-corrected chi connectivity index (χ3v) is 5.62. The van der Waals surface area contributed by atoms with Crippen LogP contribution in [0, 0.1) is 20.8 Å². The summed E-state index contributed by atoms with van der Waals surface area (Å²) in [5.74, 6) is 0.166. The van der Waals surface area contributed by atoms with E-state index < -0.39 is 0 Å². The predicted octanol–water partition coefficient (Wildman–Crippen LogP) is 3.60. The minimum Gasteiger partial charge on any atom is -0.347 e. The summed E-state index contributed by atoms with van der Waals surface area (Å²) in [5.41, 5.74) is 5.72. The van der Waals surface area contributed by atoms with Gasteiger partial charge in [-0.3, -0.25) is 9.78 Å². The van der Waals surface area contributed by atoms with Crippen molar-refractivity contribution < 1.29 is 4.79 Å². The zero-order valence-electron chi connectivity index (χ0n) is 18.1. The Labute approximate surface area is 190 Å². The maximum absolute atomic E-state index is 13.0. The summed E-state index contributed by atoms with van der Waals surface area (Å²) in [6, 6.07) is 13.6. The van der Waals surface area contributed by atoms with E-state index in [1.807, 2.05) is 63.2 Å². The third-order valence-electron chi connectivity index (χ3n) is 4.76. The van der Waals surface area contributed by atoms with Gasteiger partial charge in [0.2, 0.25) is 0 Å².